The highest BCUT2D eigenvalue weighted by molar-refractivity contribution is 7.70. The second-order valence-corrected chi connectivity index (χ2v) is 10.9. The van der Waals surface area contributed by atoms with Gasteiger partial charge in [-0.05, 0) is 12.8 Å². The van der Waals surface area contributed by atoms with Crippen LogP contribution in [0.3, 0.4) is 0 Å². The zero-order valence-corrected chi connectivity index (χ0v) is 13.7. The Morgan fingerprint density at radius 3 is 1.58 bits per heavy atom. The molecular formula is C7H20O9P2Si. The molecule has 0 spiro atoms. The van der Waals surface area contributed by atoms with Crippen molar-refractivity contribution >= 4 is 24.0 Å². The fourth-order valence-corrected chi connectivity index (χ4v) is 5.94. The predicted octanol–water partition coefficient (Wildman–Crippen LogP) is 0.326. The molecule has 0 atom stereocenters. The van der Waals surface area contributed by atoms with Crippen molar-refractivity contribution in [3.63, 3.8) is 0 Å². The Morgan fingerprint density at radius 2 is 1.32 bits per heavy atom. The van der Waals surface area contributed by atoms with Gasteiger partial charge in [-0.3, -0.25) is 9.13 Å². The van der Waals surface area contributed by atoms with Gasteiger partial charge in [0.1, 0.15) is 0 Å². The first-order valence-corrected chi connectivity index (χ1v) is 10.6. The molecule has 0 amide bonds. The van der Waals surface area contributed by atoms with Gasteiger partial charge in [0.2, 0.25) is 0 Å². The van der Waals surface area contributed by atoms with E-state index in [0.717, 1.165) is 0 Å². The summed E-state index contributed by atoms with van der Waals surface area (Å²) in [4.78, 5) is 35.8. The first-order chi connectivity index (χ1) is 8.52. The van der Waals surface area contributed by atoms with Gasteiger partial charge in [0.25, 0.3) is 0 Å². The second kappa shape index (κ2) is 7.42. The predicted molar refractivity (Wildman–Crippen MR) is 68.7 cm³/mol. The number of rotatable bonds is 9. The smallest absolute Gasteiger partial charge is 0.377 e. The van der Waals surface area contributed by atoms with Gasteiger partial charge in [-0.25, -0.2) is 0 Å². The van der Waals surface area contributed by atoms with Crippen LogP contribution in [0.1, 0.15) is 12.8 Å². The van der Waals surface area contributed by atoms with E-state index < -0.39 is 29.4 Å². The van der Waals surface area contributed by atoms with E-state index in [1.165, 1.54) is 21.3 Å². The van der Waals surface area contributed by atoms with Crippen LogP contribution >= 0.6 is 15.2 Å². The molecule has 4 N–H and O–H groups in total. The fourth-order valence-electron chi connectivity index (χ4n) is 1.59. The average Bonchev–Trinajstić information content (AvgIpc) is 2.27. The molecule has 19 heavy (non-hydrogen) atoms. The summed E-state index contributed by atoms with van der Waals surface area (Å²) in [5.74, 6) is 0. The third kappa shape index (κ3) is 6.13. The minimum Gasteiger partial charge on any atom is -0.377 e. The highest BCUT2D eigenvalue weighted by atomic mass is 31.2. The lowest BCUT2D eigenvalue weighted by atomic mass is 10.4. The van der Waals surface area contributed by atoms with Crippen LogP contribution in [0.5, 0.6) is 0 Å². The standard InChI is InChI=1S/C7H20O9P2Si/c1-14-19(15-2,16-3)6-4-5-7(17(8,9)10)18(11,12)13/h7H,4-6H2,1-3H3,(H2,8,9,10)(H2,11,12,13). The molecule has 0 aliphatic heterocycles. The summed E-state index contributed by atoms with van der Waals surface area (Å²) in [6.45, 7) is 0. The normalized spacial score (nSPS) is 14.1. The summed E-state index contributed by atoms with van der Waals surface area (Å²) < 4.78 is 37.4. The van der Waals surface area contributed by atoms with Gasteiger partial charge in [0, 0.05) is 27.4 Å². The van der Waals surface area contributed by atoms with Crippen LogP contribution in [-0.2, 0) is 22.4 Å². The van der Waals surface area contributed by atoms with Crippen LogP contribution in [0.4, 0.5) is 0 Å². The van der Waals surface area contributed by atoms with Crippen LogP contribution in [0.2, 0.25) is 6.04 Å². The summed E-state index contributed by atoms with van der Waals surface area (Å²) >= 11 is 0. The van der Waals surface area contributed by atoms with Crippen LogP contribution in [-0.4, -0.2) is 55.1 Å². The van der Waals surface area contributed by atoms with Gasteiger partial charge in [0.05, 0.1) is 0 Å². The van der Waals surface area contributed by atoms with E-state index in [2.05, 4.69) is 0 Å². The third-order valence-corrected chi connectivity index (χ3v) is 9.36. The Labute approximate surface area is 112 Å². The maximum absolute atomic E-state index is 11.1. The monoisotopic (exact) mass is 338 g/mol. The molecule has 0 aromatic carbocycles. The molecule has 0 aliphatic rings. The fraction of sp³-hybridized carbons (Fsp3) is 1.00. The lowest BCUT2D eigenvalue weighted by molar-refractivity contribution is 0.122. The van der Waals surface area contributed by atoms with Crippen molar-refractivity contribution in [2.45, 2.75) is 24.3 Å². The first-order valence-electron chi connectivity index (χ1n) is 5.28. The lowest BCUT2D eigenvalue weighted by Gasteiger charge is -2.25. The molecule has 0 saturated heterocycles. The highest BCUT2D eigenvalue weighted by Gasteiger charge is 2.44. The zero-order valence-electron chi connectivity index (χ0n) is 10.9. The van der Waals surface area contributed by atoms with Crippen molar-refractivity contribution in [3.8, 4) is 0 Å². The van der Waals surface area contributed by atoms with E-state index in [0.29, 0.717) is 0 Å². The van der Waals surface area contributed by atoms with Crippen LogP contribution in [0.15, 0.2) is 0 Å². The molecule has 0 bridgehead atoms. The Hall–Kier alpha value is 0.397. The van der Waals surface area contributed by atoms with Crippen molar-refractivity contribution in [3.05, 3.63) is 0 Å². The van der Waals surface area contributed by atoms with E-state index in [-0.39, 0.29) is 18.9 Å². The molecule has 0 rings (SSSR count). The molecule has 9 nitrogen and oxygen atoms in total. The molecule has 0 aliphatic carbocycles. The number of hydrogen-bond donors (Lipinski definition) is 4. The van der Waals surface area contributed by atoms with Gasteiger partial charge in [-0.2, -0.15) is 0 Å². The Kier molecular flexibility index (Phi) is 7.57. The Balaban J connectivity index is 4.69. The minimum absolute atomic E-state index is 0.0998. The maximum atomic E-state index is 11.1. The van der Waals surface area contributed by atoms with Crippen LogP contribution < -0.4 is 0 Å². The van der Waals surface area contributed by atoms with Gasteiger partial charge in [0.15, 0.2) is 5.40 Å². The summed E-state index contributed by atoms with van der Waals surface area (Å²) in [5.41, 5.74) is 0. The molecule has 116 valence electrons. The van der Waals surface area contributed by atoms with Crippen molar-refractivity contribution in [2.24, 2.45) is 0 Å². The van der Waals surface area contributed by atoms with Gasteiger partial charge >= 0.3 is 24.0 Å². The van der Waals surface area contributed by atoms with Crippen LogP contribution in [0.25, 0.3) is 0 Å². The van der Waals surface area contributed by atoms with E-state index in [1.54, 1.807) is 0 Å². The summed E-state index contributed by atoms with van der Waals surface area (Å²) in [7, 11) is -8.53. The quantitative estimate of drug-likeness (QED) is 0.345. The van der Waals surface area contributed by atoms with Gasteiger partial charge < -0.3 is 32.9 Å². The molecule has 0 radical (unpaired) electrons. The minimum atomic E-state index is -4.87. The van der Waals surface area contributed by atoms with E-state index >= 15 is 0 Å². The topological polar surface area (TPSA) is 143 Å². The summed E-state index contributed by atoms with van der Waals surface area (Å²) in [6, 6.07) is 0.201. The Morgan fingerprint density at radius 1 is 0.947 bits per heavy atom. The van der Waals surface area contributed by atoms with Gasteiger partial charge in [-0.15, -0.1) is 0 Å². The molecule has 0 unspecified atom stereocenters. The summed E-state index contributed by atoms with van der Waals surface area (Å²) in [6.07, 6.45) is -0.248. The molecular weight excluding hydrogens is 318 g/mol. The largest absolute Gasteiger partial charge is 0.500 e. The van der Waals surface area contributed by atoms with Crippen LogP contribution in [0, 0.1) is 0 Å². The average molecular weight is 338 g/mol. The van der Waals surface area contributed by atoms with Crippen molar-refractivity contribution < 1.29 is 42.0 Å². The van der Waals surface area contributed by atoms with E-state index in [9.17, 15) is 9.13 Å². The maximum Gasteiger partial charge on any atom is 0.500 e. The first kappa shape index (κ1) is 19.4. The van der Waals surface area contributed by atoms with E-state index in [4.69, 9.17) is 32.9 Å². The second-order valence-electron chi connectivity index (χ2n) is 3.85. The molecule has 0 aromatic heterocycles. The molecule has 0 saturated carbocycles. The van der Waals surface area contributed by atoms with Crippen molar-refractivity contribution in [1.29, 1.82) is 0 Å². The molecule has 0 heterocycles. The van der Waals surface area contributed by atoms with E-state index in [1.807, 2.05) is 0 Å². The number of hydrogen-bond acceptors (Lipinski definition) is 5. The summed E-state index contributed by atoms with van der Waals surface area (Å²) in [5, 5.41) is -2.00. The molecule has 12 heteroatoms. The molecule has 0 aromatic rings. The SMILES string of the molecule is CO[Si](CCCC(P(=O)(O)O)P(=O)(O)O)(OC)OC. The highest BCUT2D eigenvalue weighted by Crippen LogP contribution is 2.61. The van der Waals surface area contributed by atoms with Gasteiger partial charge in [-0.1, -0.05) is 0 Å². The molecule has 0 fully saturated rings. The van der Waals surface area contributed by atoms with Crippen molar-refractivity contribution in [2.75, 3.05) is 21.3 Å². The lowest BCUT2D eigenvalue weighted by Crippen LogP contribution is -2.42. The van der Waals surface area contributed by atoms with Crippen molar-refractivity contribution in [1.82, 2.24) is 0 Å². The Bertz CT molecular complexity index is 329. The zero-order chi connectivity index (χ0) is 15.3. The third-order valence-electron chi connectivity index (χ3n) is 2.65.